The number of hydrogen-bond acceptors (Lipinski definition) is 6. The molecule has 0 aliphatic heterocycles. The minimum absolute atomic E-state index is 0.00948. The fourth-order valence-electron chi connectivity index (χ4n) is 2.63. The van der Waals surface area contributed by atoms with Crippen LogP contribution < -0.4 is 19.5 Å². The minimum atomic E-state index is -4.02. The number of nitrogens with one attached hydrogen (secondary N) is 2. The third-order valence-electron chi connectivity index (χ3n) is 4.35. The van der Waals surface area contributed by atoms with Crippen LogP contribution in [0.15, 0.2) is 41.3 Å². The molecule has 0 aliphatic rings. The van der Waals surface area contributed by atoms with Gasteiger partial charge in [-0.15, -0.1) is 0 Å². The maximum absolute atomic E-state index is 12.8. The summed E-state index contributed by atoms with van der Waals surface area (Å²) >= 11 is 6.08. The summed E-state index contributed by atoms with van der Waals surface area (Å²) in [5, 5.41) is 2.41. The van der Waals surface area contributed by atoms with Crippen molar-refractivity contribution in [2.24, 2.45) is 0 Å². The molecule has 8 nitrogen and oxygen atoms in total. The first-order valence-corrected chi connectivity index (χ1v) is 10.8. The van der Waals surface area contributed by atoms with Gasteiger partial charge in [0, 0.05) is 43.6 Å². The summed E-state index contributed by atoms with van der Waals surface area (Å²) in [6, 6.07) is 8.99. The number of hydrogen-bond donors (Lipinski definition) is 2. The molecule has 2 aromatic carbocycles. The zero-order valence-corrected chi connectivity index (χ0v) is 18.4. The Hall–Kier alpha value is -2.62. The number of halogens is 1. The first-order valence-electron chi connectivity index (χ1n) is 8.95. The third-order valence-corrected chi connectivity index (χ3v) is 6.23. The number of carbonyl (C=O) groups excluding carboxylic acids is 2. The summed E-state index contributed by atoms with van der Waals surface area (Å²) < 4.78 is 38.5. The highest BCUT2D eigenvalue weighted by Crippen LogP contribution is 2.27. The topological polar surface area (TPSA) is 111 Å². The van der Waals surface area contributed by atoms with Crippen LogP contribution in [0.3, 0.4) is 0 Å². The summed E-state index contributed by atoms with van der Waals surface area (Å²) in [6.45, 7) is -0.0549. The molecule has 0 fully saturated rings. The molecule has 162 valence electrons. The molecule has 10 heteroatoms. The van der Waals surface area contributed by atoms with Crippen LogP contribution in [-0.4, -0.2) is 41.4 Å². The maximum Gasteiger partial charge on any atom is 0.242 e. The molecule has 1 amide bonds. The Morgan fingerprint density at radius 1 is 1.03 bits per heavy atom. The number of Topliss-reactive ketones (excluding diaryl/α,β-unsaturated/α-hetero) is 1. The van der Waals surface area contributed by atoms with Gasteiger partial charge in [0.25, 0.3) is 0 Å². The largest absolute Gasteiger partial charge is 0.497 e. The van der Waals surface area contributed by atoms with Crippen molar-refractivity contribution >= 4 is 33.3 Å². The Labute approximate surface area is 180 Å². The molecular formula is C20H23ClN2O6S. The average molecular weight is 455 g/mol. The highest BCUT2D eigenvalue weighted by molar-refractivity contribution is 7.89. The molecule has 0 atom stereocenters. The third kappa shape index (κ3) is 5.94. The molecule has 0 radical (unpaired) electrons. The summed E-state index contributed by atoms with van der Waals surface area (Å²) in [5.74, 6) is 0.398. The van der Waals surface area contributed by atoms with Gasteiger partial charge in [0.1, 0.15) is 16.4 Å². The normalized spacial score (nSPS) is 11.1. The number of rotatable bonds is 10. The fraction of sp³-hybridized carbons (Fsp3) is 0.300. The van der Waals surface area contributed by atoms with Crippen molar-refractivity contribution in [1.82, 2.24) is 10.0 Å². The van der Waals surface area contributed by atoms with Crippen LogP contribution in [0.1, 0.15) is 28.8 Å². The predicted octanol–water partition coefficient (Wildman–Crippen LogP) is 2.54. The zero-order chi connectivity index (χ0) is 22.3. The van der Waals surface area contributed by atoms with Gasteiger partial charge in [-0.05, 0) is 24.3 Å². The monoisotopic (exact) mass is 454 g/mol. The van der Waals surface area contributed by atoms with E-state index in [0.717, 1.165) is 0 Å². The first-order chi connectivity index (χ1) is 14.2. The number of ether oxygens (including phenoxy) is 2. The van der Waals surface area contributed by atoms with Crippen molar-refractivity contribution in [3.63, 3.8) is 0 Å². The minimum Gasteiger partial charge on any atom is -0.497 e. The van der Waals surface area contributed by atoms with E-state index >= 15 is 0 Å². The molecule has 0 bridgehead atoms. The van der Waals surface area contributed by atoms with Crippen molar-refractivity contribution in [2.75, 3.05) is 21.3 Å². The van der Waals surface area contributed by atoms with E-state index in [4.69, 9.17) is 21.1 Å². The lowest BCUT2D eigenvalue weighted by Crippen LogP contribution is -2.24. The number of benzene rings is 2. The standard InChI is InChI=1S/C20H23ClN2O6S/c1-22-20(25)9-8-17(24)13-5-7-16(21)19(10-13)30(26,27)23-12-14-4-6-15(28-2)11-18(14)29-3/h4-7,10-11,23H,8-9,12H2,1-3H3,(H,22,25). The van der Waals surface area contributed by atoms with Gasteiger partial charge < -0.3 is 14.8 Å². The van der Waals surface area contributed by atoms with E-state index in [9.17, 15) is 18.0 Å². The lowest BCUT2D eigenvalue weighted by molar-refractivity contribution is -0.120. The van der Waals surface area contributed by atoms with E-state index in [0.29, 0.717) is 17.1 Å². The Morgan fingerprint density at radius 2 is 1.77 bits per heavy atom. The van der Waals surface area contributed by atoms with Gasteiger partial charge in [-0.1, -0.05) is 17.7 Å². The smallest absolute Gasteiger partial charge is 0.242 e. The summed E-state index contributed by atoms with van der Waals surface area (Å²) in [7, 11) is 0.439. The van der Waals surface area contributed by atoms with Crippen LogP contribution in [0.5, 0.6) is 11.5 Å². The second kappa shape index (κ2) is 10.4. The quantitative estimate of drug-likeness (QED) is 0.534. The SMILES string of the molecule is CNC(=O)CCC(=O)c1ccc(Cl)c(S(=O)(=O)NCc2ccc(OC)cc2OC)c1. The molecule has 2 rings (SSSR count). The average Bonchev–Trinajstić information content (AvgIpc) is 2.75. The van der Waals surface area contributed by atoms with Crippen LogP contribution in [0.25, 0.3) is 0 Å². The molecule has 0 aromatic heterocycles. The molecule has 0 heterocycles. The highest BCUT2D eigenvalue weighted by atomic mass is 35.5. The molecule has 2 N–H and O–H groups in total. The van der Waals surface area contributed by atoms with E-state index in [1.54, 1.807) is 18.2 Å². The Balaban J connectivity index is 2.21. The number of methoxy groups -OCH3 is 2. The van der Waals surface area contributed by atoms with Crippen molar-refractivity contribution in [3.8, 4) is 11.5 Å². The number of carbonyl (C=O) groups is 2. The van der Waals surface area contributed by atoms with Gasteiger partial charge in [0.05, 0.1) is 19.2 Å². The van der Waals surface area contributed by atoms with E-state index < -0.39 is 10.0 Å². The van der Waals surface area contributed by atoms with Gasteiger partial charge in [0.15, 0.2) is 5.78 Å². The zero-order valence-electron chi connectivity index (χ0n) is 16.8. The van der Waals surface area contributed by atoms with Crippen molar-refractivity contribution < 1.29 is 27.5 Å². The molecule has 0 spiro atoms. The van der Waals surface area contributed by atoms with E-state index in [1.165, 1.54) is 39.5 Å². The molecular weight excluding hydrogens is 432 g/mol. The Kier molecular flexibility index (Phi) is 8.22. The van der Waals surface area contributed by atoms with Crippen LogP contribution in [0.4, 0.5) is 0 Å². The predicted molar refractivity (Wildman–Crippen MR) is 113 cm³/mol. The van der Waals surface area contributed by atoms with Crippen LogP contribution >= 0.6 is 11.6 Å². The van der Waals surface area contributed by atoms with E-state index in [-0.39, 0.29) is 46.6 Å². The number of ketones is 1. The van der Waals surface area contributed by atoms with Crippen molar-refractivity contribution in [3.05, 3.63) is 52.5 Å². The summed E-state index contributed by atoms with van der Waals surface area (Å²) in [4.78, 5) is 23.4. The lowest BCUT2D eigenvalue weighted by Gasteiger charge is -2.13. The van der Waals surface area contributed by atoms with Gasteiger partial charge in [0.2, 0.25) is 15.9 Å². The summed E-state index contributed by atoms with van der Waals surface area (Å²) in [5.41, 5.74) is 0.751. The molecule has 0 saturated heterocycles. The van der Waals surface area contributed by atoms with Crippen molar-refractivity contribution in [1.29, 1.82) is 0 Å². The molecule has 2 aromatic rings. The number of amides is 1. The first kappa shape index (κ1) is 23.7. The van der Waals surface area contributed by atoms with Crippen LogP contribution in [0.2, 0.25) is 5.02 Å². The Bertz CT molecular complexity index is 1040. The van der Waals surface area contributed by atoms with Crippen LogP contribution in [0, 0.1) is 0 Å². The number of sulfonamides is 1. The van der Waals surface area contributed by atoms with E-state index in [1.807, 2.05) is 0 Å². The summed E-state index contributed by atoms with van der Waals surface area (Å²) in [6.07, 6.45) is -0.0349. The molecule has 30 heavy (non-hydrogen) atoms. The molecule has 0 saturated carbocycles. The van der Waals surface area contributed by atoms with E-state index in [2.05, 4.69) is 10.0 Å². The highest BCUT2D eigenvalue weighted by Gasteiger charge is 2.21. The maximum atomic E-state index is 12.8. The van der Waals surface area contributed by atoms with Gasteiger partial charge in [-0.25, -0.2) is 13.1 Å². The lowest BCUT2D eigenvalue weighted by atomic mass is 10.1. The Morgan fingerprint density at radius 3 is 2.40 bits per heavy atom. The van der Waals surface area contributed by atoms with Crippen LogP contribution in [-0.2, 0) is 21.4 Å². The second-order valence-corrected chi connectivity index (χ2v) is 8.39. The van der Waals surface area contributed by atoms with Crippen molar-refractivity contribution in [2.45, 2.75) is 24.3 Å². The van der Waals surface area contributed by atoms with Gasteiger partial charge >= 0.3 is 0 Å². The second-order valence-electron chi connectivity index (χ2n) is 6.24. The molecule has 0 aliphatic carbocycles. The molecule has 0 unspecified atom stereocenters. The van der Waals surface area contributed by atoms with Gasteiger partial charge in [-0.2, -0.15) is 0 Å². The van der Waals surface area contributed by atoms with Gasteiger partial charge in [-0.3, -0.25) is 9.59 Å². The fourth-order valence-corrected chi connectivity index (χ4v) is 4.16.